The third-order valence-corrected chi connectivity index (χ3v) is 5.41. The van der Waals surface area contributed by atoms with E-state index < -0.39 is 0 Å². The first kappa shape index (κ1) is 19.1. The van der Waals surface area contributed by atoms with Gasteiger partial charge in [-0.15, -0.1) is 0 Å². The molecule has 0 bridgehead atoms. The summed E-state index contributed by atoms with van der Waals surface area (Å²) in [6, 6.07) is 7.91. The normalized spacial score (nSPS) is 21.0. The van der Waals surface area contributed by atoms with Gasteiger partial charge in [-0.2, -0.15) is 0 Å². The largest absolute Gasteiger partial charge is 0.362 e. The van der Waals surface area contributed by atoms with Crippen LogP contribution in [0.15, 0.2) is 24.3 Å². The molecule has 0 saturated carbocycles. The smallest absolute Gasteiger partial charge is 0.227 e. The lowest BCUT2D eigenvalue weighted by atomic mass is 10.0. The number of carbonyl (C=O) groups is 1. The van der Waals surface area contributed by atoms with Gasteiger partial charge >= 0.3 is 0 Å². The molecule has 6 heteroatoms. The standard InChI is InChI=1S/C20H30N4OS/c1-16-6-3-11-23(15-16)12-5-10-21-20(26)22-17-7-2-8-18(14-17)24-13-4-9-19(24)25/h2,7-8,14,16H,3-6,9-13,15H2,1H3,(H2,21,22,26). The Morgan fingerprint density at radius 1 is 1.31 bits per heavy atom. The number of hydrogen-bond donors (Lipinski definition) is 2. The van der Waals surface area contributed by atoms with Gasteiger partial charge in [-0.25, -0.2) is 0 Å². The van der Waals surface area contributed by atoms with Crippen molar-refractivity contribution in [1.29, 1.82) is 0 Å². The first-order valence-electron chi connectivity index (χ1n) is 9.79. The third-order valence-electron chi connectivity index (χ3n) is 5.17. The first-order chi connectivity index (χ1) is 12.6. The molecule has 0 radical (unpaired) electrons. The number of nitrogens with one attached hydrogen (secondary N) is 2. The van der Waals surface area contributed by atoms with Gasteiger partial charge in [-0.3, -0.25) is 4.79 Å². The minimum absolute atomic E-state index is 0.204. The number of anilines is 2. The van der Waals surface area contributed by atoms with E-state index in [-0.39, 0.29) is 5.91 Å². The summed E-state index contributed by atoms with van der Waals surface area (Å²) >= 11 is 5.41. The topological polar surface area (TPSA) is 47.6 Å². The highest BCUT2D eigenvalue weighted by Crippen LogP contribution is 2.24. The lowest BCUT2D eigenvalue weighted by molar-refractivity contribution is -0.117. The van der Waals surface area contributed by atoms with Gasteiger partial charge in [-0.1, -0.05) is 13.0 Å². The number of hydrogen-bond acceptors (Lipinski definition) is 3. The van der Waals surface area contributed by atoms with Gasteiger partial charge < -0.3 is 20.4 Å². The van der Waals surface area contributed by atoms with Gasteiger partial charge in [0.2, 0.25) is 5.91 Å². The summed E-state index contributed by atoms with van der Waals surface area (Å²) in [7, 11) is 0. The van der Waals surface area contributed by atoms with Gasteiger partial charge in [-0.05, 0) is 75.1 Å². The van der Waals surface area contributed by atoms with E-state index in [1.165, 1.54) is 25.9 Å². The number of amides is 1. The molecule has 3 rings (SSSR count). The van der Waals surface area contributed by atoms with Crippen LogP contribution in [0.4, 0.5) is 11.4 Å². The molecule has 2 aliphatic heterocycles. The fourth-order valence-electron chi connectivity index (χ4n) is 3.84. The second-order valence-corrected chi connectivity index (χ2v) is 7.89. The molecule has 2 saturated heterocycles. The minimum Gasteiger partial charge on any atom is -0.362 e. The zero-order valence-corrected chi connectivity index (χ0v) is 16.5. The third kappa shape index (κ3) is 5.42. The Morgan fingerprint density at radius 2 is 2.19 bits per heavy atom. The quantitative estimate of drug-likeness (QED) is 0.591. The average Bonchev–Trinajstić information content (AvgIpc) is 3.05. The van der Waals surface area contributed by atoms with Crippen molar-refractivity contribution in [1.82, 2.24) is 10.2 Å². The molecule has 26 heavy (non-hydrogen) atoms. The lowest BCUT2D eigenvalue weighted by Crippen LogP contribution is -2.37. The maximum atomic E-state index is 11.9. The van der Waals surface area contributed by atoms with Gasteiger partial charge in [0.05, 0.1) is 0 Å². The van der Waals surface area contributed by atoms with E-state index in [1.807, 2.05) is 29.2 Å². The van der Waals surface area contributed by atoms with Crippen LogP contribution >= 0.6 is 12.2 Å². The number of thiocarbonyl (C=S) groups is 1. The summed E-state index contributed by atoms with van der Waals surface area (Å²) in [5.41, 5.74) is 1.86. The second-order valence-electron chi connectivity index (χ2n) is 7.48. The van der Waals surface area contributed by atoms with Crippen LogP contribution in [0.1, 0.15) is 39.0 Å². The number of benzene rings is 1. The number of nitrogens with zero attached hydrogens (tertiary/aromatic N) is 2. The van der Waals surface area contributed by atoms with Gasteiger partial charge in [0.15, 0.2) is 5.11 Å². The van der Waals surface area contributed by atoms with Gasteiger partial charge in [0.1, 0.15) is 0 Å². The van der Waals surface area contributed by atoms with Crippen molar-refractivity contribution in [3.05, 3.63) is 24.3 Å². The SMILES string of the molecule is CC1CCCN(CCCNC(=S)Nc2cccc(N3CCCC3=O)c2)C1. The molecule has 2 N–H and O–H groups in total. The minimum atomic E-state index is 0.204. The number of likely N-dealkylation sites (tertiary alicyclic amines) is 1. The van der Waals surface area contributed by atoms with Crippen molar-refractivity contribution < 1.29 is 4.79 Å². The Bertz CT molecular complexity index is 636. The van der Waals surface area contributed by atoms with Crippen LogP contribution in [0.25, 0.3) is 0 Å². The highest BCUT2D eigenvalue weighted by atomic mass is 32.1. The summed E-state index contributed by atoms with van der Waals surface area (Å²) in [5.74, 6) is 1.03. The highest BCUT2D eigenvalue weighted by molar-refractivity contribution is 7.80. The van der Waals surface area contributed by atoms with Crippen LogP contribution in [0.5, 0.6) is 0 Å². The molecule has 1 unspecified atom stereocenters. The van der Waals surface area contributed by atoms with E-state index in [4.69, 9.17) is 12.2 Å². The summed E-state index contributed by atoms with van der Waals surface area (Å²) in [4.78, 5) is 16.3. The molecule has 1 aromatic rings. The van der Waals surface area contributed by atoms with Crippen molar-refractivity contribution in [3.63, 3.8) is 0 Å². The first-order valence-corrected chi connectivity index (χ1v) is 10.2. The summed E-state index contributed by atoms with van der Waals surface area (Å²) < 4.78 is 0. The van der Waals surface area contributed by atoms with Crippen molar-refractivity contribution in [3.8, 4) is 0 Å². The second kappa shape index (κ2) is 9.33. The maximum absolute atomic E-state index is 11.9. The van der Waals surface area contributed by atoms with Gasteiger partial charge in [0.25, 0.3) is 0 Å². The maximum Gasteiger partial charge on any atom is 0.227 e. The lowest BCUT2D eigenvalue weighted by Gasteiger charge is -2.30. The summed E-state index contributed by atoms with van der Waals surface area (Å²) in [6.45, 7) is 7.61. The van der Waals surface area contributed by atoms with Crippen LogP contribution in [0, 0.1) is 5.92 Å². The number of rotatable bonds is 6. The zero-order valence-electron chi connectivity index (χ0n) is 15.7. The van der Waals surface area contributed by atoms with E-state index in [9.17, 15) is 4.79 Å². The van der Waals surface area contributed by atoms with Crippen LogP contribution in [-0.4, -0.2) is 48.6 Å². The fourth-order valence-corrected chi connectivity index (χ4v) is 4.06. The predicted octanol–water partition coefficient (Wildman–Crippen LogP) is 3.22. The van der Waals surface area contributed by atoms with E-state index in [0.717, 1.165) is 49.8 Å². The van der Waals surface area contributed by atoms with Crippen molar-refractivity contribution in [2.45, 2.75) is 39.0 Å². The highest BCUT2D eigenvalue weighted by Gasteiger charge is 2.21. The van der Waals surface area contributed by atoms with E-state index in [2.05, 4.69) is 22.5 Å². The van der Waals surface area contributed by atoms with E-state index in [0.29, 0.717) is 11.5 Å². The molecule has 0 aliphatic carbocycles. The molecular formula is C20H30N4OS. The zero-order chi connectivity index (χ0) is 18.4. The Kier molecular flexibility index (Phi) is 6.86. The molecule has 5 nitrogen and oxygen atoms in total. The molecule has 0 spiro atoms. The fraction of sp³-hybridized carbons (Fsp3) is 0.600. The van der Waals surface area contributed by atoms with Crippen LogP contribution < -0.4 is 15.5 Å². The monoisotopic (exact) mass is 374 g/mol. The molecule has 2 aliphatic rings. The predicted molar refractivity (Wildman–Crippen MR) is 112 cm³/mol. The Balaban J connectivity index is 1.40. The molecule has 1 amide bonds. The average molecular weight is 375 g/mol. The summed E-state index contributed by atoms with van der Waals surface area (Å²) in [6.07, 6.45) is 5.37. The molecule has 1 aromatic carbocycles. The molecule has 142 valence electrons. The Labute approximate surface area is 162 Å². The van der Waals surface area contributed by atoms with Crippen LogP contribution in [0.3, 0.4) is 0 Å². The van der Waals surface area contributed by atoms with Crippen LogP contribution in [0.2, 0.25) is 0 Å². The number of carbonyl (C=O) groups excluding carboxylic acids is 1. The van der Waals surface area contributed by atoms with Crippen molar-refractivity contribution in [2.24, 2.45) is 5.92 Å². The molecule has 0 aromatic heterocycles. The van der Waals surface area contributed by atoms with Crippen molar-refractivity contribution >= 4 is 34.6 Å². The Hall–Kier alpha value is -1.66. The molecule has 2 heterocycles. The number of piperidine rings is 1. The van der Waals surface area contributed by atoms with Crippen LogP contribution in [-0.2, 0) is 4.79 Å². The van der Waals surface area contributed by atoms with Gasteiger partial charge in [0, 0.05) is 37.4 Å². The van der Waals surface area contributed by atoms with E-state index >= 15 is 0 Å². The summed E-state index contributed by atoms with van der Waals surface area (Å²) in [5, 5.41) is 7.17. The molecular weight excluding hydrogens is 344 g/mol. The molecule has 2 fully saturated rings. The Morgan fingerprint density at radius 3 is 2.96 bits per heavy atom. The van der Waals surface area contributed by atoms with Crippen molar-refractivity contribution in [2.75, 3.05) is 42.9 Å². The molecule has 1 atom stereocenters. The van der Waals surface area contributed by atoms with E-state index in [1.54, 1.807) is 0 Å².